The van der Waals surface area contributed by atoms with Gasteiger partial charge in [0.2, 0.25) is 0 Å². The summed E-state index contributed by atoms with van der Waals surface area (Å²) in [5.74, 6) is 0.271. The molecule has 5 heteroatoms. The van der Waals surface area contributed by atoms with Crippen LogP contribution in [0.1, 0.15) is 10.6 Å². The highest BCUT2D eigenvalue weighted by Gasteiger charge is 2.11. The Hall–Kier alpha value is -2.43. The molecule has 0 spiro atoms. The van der Waals surface area contributed by atoms with E-state index in [0.717, 1.165) is 5.39 Å². The van der Waals surface area contributed by atoms with Gasteiger partial charge in [-0.1, -0.05) is 5.16 Å². The Morgan fingerprint density at radius 3 is 3.00 bits per heavy atom. The van der Waals surface area contributed by atoms with Crippen molar-refractivity contribution in [2.75, 3.05) is 0 Å². The summed E-state index contributed by atoms with van der Waals surface area (Å²) >= 11 is 0. The van der Waals surface area contributed by atoms with Crippen LogP contribution in [0.2, 0.25) is 0 Å². The van der Waals surface area contributed by atoms with Gasteiger partial charge in [-0.3, -0.25) is 9.78 Å². The highest BCUT2D eigenvalue weighted by Crippen LogP contribution is 2.27. The maximum absolute atomic E-state index is 10.6. The van der Waals surface area contributed by atoms with Crippen LogP contribution in [0, 0.1) is 0 Å². The van der Waals surface area contributed by atoms with E-state index < -0.39 is 0 Å². The van der Waals surface area contributed by atoms with Crippen LogP contribution >= 0.6 is 0 Å². The van der Waals surface area contributed by atoms with Crippen molar-refractivity contribution < 1.29 is 13.7 Å². The van der Waals surface area contributed by atoms with Gasteiger partial charge in [-0.25, -0.2) is 0 Å². The molecule has 3 rings (SSSR count). The molecule has 0 aliphatic heterocycles. The van der Waals surface area contributed by atoms with E-state index in [1.54, 1.807) is 24.4 Å². The van der Waals surface area contributed by atoms with E-state index in [-0.39, 0.29) is 5.76 Å². The Morgan fingerprint density at radius 1 is 1.31 bits per heavy atom. The lowest BCUT2D eigenvalue weighted by molar-refractivity contribution is 0.110. The molecule has 78 valence electrons. The first-order chi connectivity index (χ1) is 7.88. The fourth-order valence-electron chi connectivity index (χ4n) is 1.58. The topological polar surface area (TPSA) is 69.1 Å². The summed E-state index contributed by atoms with van der Waals surface area (Å²) in [5.41, 5.74) is 1.86. The molecule has 16 heavy (non-hydrogen) atoms. The standard InChI is InChI=1S/C11H6N2O3/c14-6-7-5-8-10(16-7)1-3-12-11(8)9-2-4-15-13-9/h1-6H. The molecule has 0 aliphatic carbocycles. The first-order valence-electron chi connectivity index (χ1n) is 4.63. The Kier molecular flexibility index (Phi) is 1.83. The zero-order valence-electron chi connectivity index (χ0n) is 8.08. The van der Waals surface area contributed by atoms with E-state index in [2.05, 4.69) is 10.1 Å². The van der Waals surface area contributed by atoms with Crippen LogP contribution in [0.3, 0.4) is 0 Å². The van der Waals surface area contributed by atoms with Crippen LogP contribution in [0.25, 0.3) is 22.4 Å². The van der Waals surface area contributed by atoms with Crippen molar-refractivity contribution in [1.82, 2.24) is 10.1 Å². The largest absolute Gasteiger partial charge is 0.453 e. The summed E-state index contributed by atoms with van der Waals surface area (Å²) < 4.78 is 10.1. The Bertz CT molecular complexity index is 640. The van der Waals surface area contributed by atoms with Crippen LogP contribution < -0.4 is 0 Å². The number of furan rings is 1. The zero-order chi connectivity index (χ0) is 11.0. The Balaban J connectivity index is 2.32. The number of nitrogens with zero attached hydrogens (tertiary/aromatic N) is 2. The van der Waals surface area contributed by atoms with Crippen LogP contribution in [0.5, 0.6) is 0 Å². The molecule has 3 heterocycles. The first-order valence-corrected chi connectivity index (χ1v) is 4.63. The fraction of sp³-hybridized carbons (Fsp3) is 0. The zero-order valence-corrected chi connectivity index (χ0v) is 8.08. The number of carbonyl (C=O) groups excluding carboxylic acids is 1. The maximum atomic E-state index is 10.6. The van der Waals surface area contributed by atoms with Gasteiger partial charge in [0, 0.05) is 17.6 Å². The SMILES string of the molecule is O=Cc1cc2c(-c3ccon3)nccc2o1. The van der Waals surface area contributed by atoms with Gasteiger partial charge in [0.1, 0.15) is 23.2 Å². The lowest BCUT2D eigenvalue weighted by Gasteiger charge is -1.94. The predicted molar refractivity (Wildman–Crippen MR) is 54.9 cm³/mol. The van der Waals surface area contributed by atoms with Crippen molar-refractivity contribution in [1.29, 1.82) is 0 Å². The van der Waals surface area contributed by atoms with Gasteiger partial charge in [-0.2, -0.15) is 0 Å². The number of aromatic nitrogens is 2. The normalized spacial score (nSPS) is 10.8. The fourth-order valence-corrected chi connectivity index (χ4v) is 1.58. The minimum Gasteiger partial charge on any atom is -0.453 e. The van der Waals surface area contributed by atoms with Crippen molar-refractivity contribution in [3.05, 3.63) is 36.4 Å². The molecule has 3 aromatic rings. The second kappa shape index (κ2) is 3.30. The van der Waals surface area contributed by atoms with Crippen molar-refractivity contribution in [3.63, 3.8) is 0 Å². The molecule has 0 N–H and O–H groups in total. The minimum absolute atomic E-state index is 0.271. The van der Waals surface area contributed by atoms with E-state index in [1.165, 1.54) is 6.26 Å². The monoisotopic (exact) mass is 214 g/mol. The van der Waals surface area contributed by atoms with Crippen LogP contribution in [0.15, 0.2) is 39.6 Å². The van der Waals surface area contributed by atoms with E-state index in [1.807, 2.05) is 0 Å². The second-order valence-corrected chi connectivity index (χ2v) is 3.22. The number of pyridine rings is 1. The number of aldehydes is 1. The molecule has 5 nitrogen and oxygen atoms in total. The minimum atomic E-state index is 0.271. The van der Waals surface area contributed by atoms with Gasteiger partial charge in [0.05, 0.1) is 0 Å². The molecule has 0 saturated heterocycles. The van der Waals surface area contributed by atoms with Gasteiger partial charge < -0.3 is 8.94 Å². The summed E-state index contributed by atoms with van der Waals surface area (Å²) in [7, 11) is 0. The average molecular weight is 214 g/mol. The Morgan fingerprint density at radius 2 is 2.25 bits per heavy atom. The molecule has 0 unspecified atom stereocenters. The molecule has 0 fully saturated rings. The van der Waals surface area contributed by atoms with Crippen molar-refractivity contribution >= 4 is 17.3 Å². The summed E-state index contributed by atoms with van der Waals surface area (Å²) in [6.07, 6.45) is 3.73. The quantitative estimate of drug-likeness (QED) is 0.612. The average Bonchev–Trinajstić information content (AvgIpc) is 2.97. The number of hydrogen-bond donors (Lipinski definition) is 0. The smallest absolute Gasteiger partial charge is 0.185 e. The molecule has 0 aliphatic rings. The van der Waals surface area contributed by atoms with Crippen molar-refractivity contribution in [3.8, 4) is 11.4 Å². The number of rotatable bonds is 2. The maximum Gasteiger partial charge on any atom is 0.185 e. The third-order valence-electron chi connectivity index (χ3n) is 2.26. The van der Waals surface area contributed by atoms with Crippen LogP contribution in [0.4, 0.5) is 0 Å². The predicted octanol–water partition coefficient (Wildman–Crippen LogP) is 2.30. The molecule has 0 radical (unpaired) electrons. The van der Waals surface area contributed by atoms with E-state index in [0.29, 0.717) is 23.3 Å². The van der Waals surface area contributed by atoms with Crippen molar-refractivity contribution in [2.45, 2.75) is 0 Å². The lowest BCUT2D eigenvalue weighted by Crippen LogP contribution is -1.82. The first kappa shape index (κ1) is 8.84. The molecular formula is C11H6N2O3. The molecule has 0 saturated carbocycles. The molecule has 0 aromatic carbocycles. The second-order valence-electron chi connectivity index (χ2n) is 3.22. The van der Waals surface area contributed by atoms with Crippen molar-refractivity contribution in [2.24, 2.45) is 0 Å². The van der Waals surface area contributed by atoms with Gasteiger partial charge in [-0.15, -0.1) is 0 Å². The Labute approximate surface area is 89.7 Å². The van der Waals surface area contributed by atoms with Gasteiger partial charge in [0.25, 0.3) is 0 Å². The molecule has 3 aromatic heterocycles. The molecule has 0 amide bonds. The summed E-state index contributed by atoms with van der Waals surface area (Å²) in [6.45, 7) is 0. The number of hydrogen-bond acceptors (Lipinski definition) is 5. The highest BCUT2D eigenvalue weighted by molar-refractivity contribution is 5.93. The molecule has 0 atom stereocenters. The third kappa shape index (κ3) is 1.22. The van der Waals surface area contributed by atoms with E-state index in [4.69, 9.17) is 8.94 Å². The van der Waals surface area contributed by atoms with Crippen LogP contribution in [-0.2, 0) is 0 Å². The number of fused-ring (bicyclic) bond motifs is 1. The summed E-state index contributed by atoms with van der Waals surface area (Å²) in [6, 6.07) is 5.04. The van der Waals surface area contributed by atoms with Gasteiger partial charge in [0.15, 0.2) is 12.0 Å². The van der Waals surface area contributed by atoms with Crippen LogP contribution in [-0.4, -0.2) is 16.4 Å². The van der Waals surface area contributed by atoms with E-state index >= 15 is 0 Å². The number of carbonyl (C=O) groups is 1. The lowest BCUT2D eigenvalue weighted by atomic mass is 10.2. The highest BCUT2D eigenvalue weighted by atomic mass is 16.5. The molecular weight excluding hydrogens is 208 g/mol. The van der Waals surface area contributed by atoms with E-state index in [9.17, 15) is 4.79 Å². The summed E-state index contributed by atoms with van der Waals surface area (Å²) in [4.78, 5) is 14.8. The third-order valence-corrected chi connectivity index (χ3v) is 2.26. The molecule has 0 bridgehead atoms. The van der Waals surface area contributed by atoms with Gasteiger partial charge in [-0.05, 0) is 12.1 Å². The summed E-state index contributed by atoms with van der Waals surface area (Å²) in [5, 5.41) is 4.55. The van der Waals surface area contributed by atoms with Gasteiger partial charge >= 0.3 is 0 Å².